The molecule has 1 saturated carbocycles. The zero-order chi connectivity index (χ0) is 12.2. The molecular weight excluding hydrogens is 217 g/mol. The Morgan fingerprint density at radius 1 is 1.38 bits per heavy atom. The van der Waals surface area contributed by atoms with Gasteiger partial charge in [-0.2, -0.15) is 13.2 Å². The molecule has 0 radical (unpaired) electrons. The summed E-state index contributed by atoms with van der Waals surface area (Å²) in [6, 6.07) is 0.164. The summed E-state index contributed by atoms with van der Waals surface area (Å²) in [5.74, 6) is 0.356. The van der Waals surface area contributed by atoms with Crippen LogP contribution in [-0.4, -0.2) is 36.8 Å². The van der Waals surface area contributed by atoms with Crippen LogP contribution < -0.4 is 5.73 Å². The molecule has 0 amide bonds. The van der Waals surface area contributed by atoms with E-state index in [9.17, 15) is 13.2 Å². The molecule has 0 spiro atoms. The normalized spacial score (nSPS) is 19.1. The molecule has 2 nitrogen and oxygen atoms in total. The maximum atomic E-state index is 12.3. The molecule has 0 aromatic carbocycles. The van der Waals surface area contributed by atoms with E-state index in [4.69, 9.17) is 5.73 Å². The summed E-state index contributed by atoms with van der Waals surface area (Å²) >= 11 is 0. The molecule has 1 fully saturated rings. The zero-order valence-electron chi connectivity index (χ0n) is 9.76. The van der Waals surface area contributed by atoms with E-state index in [-0.39, 0.29) is 6.04 Å². The van der Waals surface area contributed by atoms with Crippen molar-refractivity contribution in [3.63, 3.8) is 0 Å². The molecule has 16 heavy (non-hydrogen) atoms. The molecule has 0 bridgehead atoms. The van der Waals surface area contributed by atoms with Crippen molar-refractivity contribution in [2.45, 2.75) is 44.8 Å². The minimum absolute atomic E-state index is 0.164. The summed E-state index contributed by atoms with van der Waals surface area (Å²) < 4.78 is 36.9. The molecule has 5 heteroatoms. The van der Waals surface area contributed by atoms with Gasteiger partial charge in [-0.05, 0) is 38.3 Å². The zero-order valence-corrected chi connectivity index (χ0v) is 9.76. The van der Waals surface area contributed by atoms with E-state index in [0.29, 0.717) is 19.0 Å². The quantitative estimate of drug-likeness (QED) is 0.738. The third-order valence-corrected chi connectivity index (χ3v) is 3.18. The fourth-order valence-corrected chi connectivity index (χ4v) is 1.90. The van der Waals surface area contributed by atoms with Crippen LogP contribution in [-0.2, 0) is 0 Å². The second-order valence-corrected chi connectivity index (χ2v) is 4.62. The summed E-state index contributed by atoms with van der Waals surface area (Å²) in [7, 11) is 0. The first kappa shape index (κ1) is 13.8. The minimum Gasteiger partial charge on any atom is -0.330 e. The molecule has 0 aliphatic heterocycles. The first-order valence-corrected chi connectivity index (χ1v) is 5.97. The second kappa shape index (κ2) is 5.87. The van der Waals surface area contributed by atoms with Crippen LogP contribution in [0.2, 0.25) is 0 Å². The van der Waals surface area contributed by atoms with Crippen molar-refractivity contribution in [1.82, 2.24) is 4.90 Å². The first-order valence-electron chi connectivity index (χ1n) is 5.97. The number of alkyl halides is 3. The van der Waals surface area contributed by atoms with E-state index in [1.54, 1.807) is 4.90 Å². The van der Waals surface area contributed by atoms with Gasteiger partial charge in [0.05, 0.1) is 6.54 Å². The molecule has 0 heterocycles. The Balaban J connectivity index is 2.33. The molecule has 0 saturated heterocycles. The van der Waals surface area contributed by atoms with Crippen molar-refractivity contribution in [2.24, 2.45) is 11.7 Å². The second-order valence-electron chi connectivity index (χ2n) is 4.62. The lowest BCUT2D eigenvalue weighted by Gasteiger charge is -2.25. The average Bonchev–Trinajstić information content (AvgIpc) is 2.99. The maximum Gasteiger partial charge on any atom is 0.401 e. The summed E-state index contributed by atoms with van der Waals surface area (Å²) in [6.07, 6.45) is -0.529. The van der Waals surface area contributed by atoms with Gasteiger partial charge >= 0.3 is 6.18 Å². The highest BCUT2D eigenvalue weighted by molar-refractivity contribution is 4.86. The van der Waals surface area contributed by atoms with Crippen molar-refractivity contribution in [3.05, 3.63) is 0 Å². The van der Waals surface area contributed by atoms with Gasteiger partial charge in [0.2, 0.25) is 0 Å². The highest BCUT2D eigenvalue weighted by atomic mass is 19.4. The smallest absolute Gasteiger partial charge is 0.330 e. The van der Waals surface area contributed by atoms with Crippen LogP contribution >= 0.6 is 0 Å². The molecule has 0 aromatic rings. The number of hydrogen-bond acceptors (Lipinski definition) is 2. The van der Waals surface area contributed by atoms with Crippen LogP contribution in [0.3, 0.4) is 0 Å². The summed E-state index contributed by atoms with van der Waals surface area (Å²) in [5, 5.41) is 0. The standard InChI is InChI=1S/C11H21F3N2/c1-2-9(7-15)5-6-16(10-3-4-10)8-11(12,13)14/h9-10H,2-8,15H2,1H3. The third-order valence-electron chi connectivity index (χ3n) is 3.18. The van der Waals surface area contributed by atoms with Gasteiger partial charge in [-0.15, -0.1) is 0 Å². The molecule has 1 aliphatic carbocycles. The minimum atomic E-state index is -4.08. The Kier molecular flexibility index (Phi) is 5.05. The van der Waals surface area contributed by atoms with Gasteiger partial charge in [-0.25, -0.2) is 0 Å². The molecular formula is C11H21F3N2. The lowest BCUT2D eigenvalue weighted by atomic mass is 10.0. The van der Waals surface area contributed by atoms with Gasteiger partial charge in [0.15, 0.2) is 0 Å². The van der Waals surface area contributed by atoms with Gasteiger partial charge < -0.3 is 5.73 Å². The average molecular weight is 238 g/mol. The largest absolute Gasteiger partial charge is 0.401 e. The highest BCUT2D eigenvalue weighted by Gasteiger charge is 2.37. The van der Waals surface area contributed by atoms with Crippen LogP contribution in [0.1, 0.15) is 32.6 Å². The molecule has 96 valence electrons. The Hall–Kier alpha value is -0.290. The van der Waals surface area contributed by atoms with Crippen LogP contribution in [0.5, 0.6) is 0 Å². The highest BCUT2D eigenvalue weighted by Crippen LogP contribution is 2.30. The van der Waals surface area contributed by atoms with Crippen LogP contribution in [0.4, 0.5) is 13.2 Å². The van der Waals surface area contributed by atoms with E-state index < -0.39 is 12.7 Å². The topological polar surface area (TPSA) is 29.3 Å². The summed E-state index contributed by atoms with van der Waals surface area (Å²) in [5.41, 5.74) is 5.55. The Bertz CT molecular complexity index is 198. The van der Waals surface area contributed by atoms with Crippen LogP contribution in [0, 0.1) is 5.92 Å². The lowest BCUT2D eigenvalue weighted by molar-refractivity contribution is -0.147. The predicted molar refractivity (Wildman–Crippen MR) is 58.1 cm³/mol. The number of rotatable bonds is 7. The van der Waals surface area contributed by atoms with E-state index >= 15 is 0 Å². The van der Waals surface area contributed by atoms with Gasteiger partial charge in [0.1, 0.15) is 0 Å². The number of nitrogens with two attached hydrogens (primary N) is 1. The van der Waals surface area contributed by atoms with Crippen LogP contribution in [0.25, 0.3) is 0 Å². The lowest BCUT2D eigenvalue weighted by Crippen LogP contribution is -2.37. The summed E-state index contributed by atoms with van der Waals surface area (Å²) in [6.45, 7) is 2.36. The van der Waals surface area contributed by atoms with E-state index in [2.05, 4.69) is 0 Å². The molecule has 1 atom stereocenters. The Morgan fingerprint density at radius 2 is 2.00 bits per heavy atom. The number of halogens is 3. The molecule has 2 N–H and O–H groups in total. The Morgan fingerprint density at radius 3 is 2.38 bits per heavy atom. The van der Waals surface area contributed by atoms with Crippen molar-refractivity contribution in [2.75, 3.05) is 19.6 Å². The van der Waals surface area contributed by atoms with Gasteiger partial charge in [0.25, 0.3) is 0 Å². The summed E-state index contributed by atoms with van der Waals surface area (Å²) in [4.78, 5) is 1.57. The van der Waals surface area contributed by atoms with E-state index in [0.717, 1.165) is 25.7 Å². The SMILES string of the molecule is CCC(CN)CCN(CC(F)(F)F)C1CC1. The van der Waals surface area contributed by atoms with Crippen molar-refractivity contribution in [1.29, 1.82) is 0 Å². The van der Waals surface area contributed by atoms with Crippen LogP contribution in [0.15, 0.2) is 0 Å². The molecule has 0 aromatic heterocycles. The van der Waals surface area contributed by atoms with Gasteiger partial charge in [-0.3, -0.25) is 4.90 Å². The van der Waals surface area contributed by atoms with Gasteiger partial charge in [0, 0.05) is 6.04 Å². The Labute approximate surface area is 95.0 Å². The fraction of sp³-hybridized carbons (Fsp3) is 1.00. The number of nitrogens with zero attached hydrogens (tertiary/aromatic N) is 1. The molecule has 1 rings (SSSR count). The monoisotopic (exact) mass is 238 g/mol. The first-order chi connectivity index (χ1) is 7.46. The van der Waals surface area contributed by atoms with Crippen molar-refractivity contribution >= 4 is 0 Å². The van der Waals surface area contributed by atoms with E-state index in [1.807, 2.05) is 6.92 Å². The molecule has 1 unspecified atom stereocenters. The van der Waals surface area contributed by atoms with Gasteiger partial charge in [-0.1, -0.05) is 13.3 Å². The number of hydrogen-bond donors (Lipinski definition) is 1. The maximum absolute atomic E-state index is 12.3. The third kappa shape index (κ3) is 5.16. The molecule has 1 aliphatic rings. The predicted octanol–water partition coefficient (Wildman–Crippen LogP) is 2.39. The van der Waals surface area contributed by atoms with Crippen molar-refractivity contribution < 1.29 is 13.2 Å². The fourth-order valence-electron chi connectivity index (χ4n) is 1.90. The van der Waals surface area contributed by atoms with E-state index in [1.165, 1.54) is 0 Å². The van der Waals surface area contributed by atoms with Crippen molar-refractivity contribution in [3.8, 4) is 0 Å².